The van der Waals surface area contributed by atoms with Crippen molar-refractivity contribution in [2.45, 2.75) is 30.8 Å². The minimum Gasteiger partial charge on any atom is -0.274 e. The molecule has 0 radical (unpaired) electrons. The van der Waals surface area contributed by atoms with Crippen molar-refractivity contribution in [2.24, 2.45) is 0 Å². The lowest BCUT2D eigenvalue weighted by atomic mass is 10.2. The van der Waals surface area contributed by atoms with Gasteiger partial charge in [-0.15, -0.1) is 11.8 Å². The maximum absolute atomic E-state index is 14.0. The summed E-state index contributed by atoms with van der Waals surface area (Å²) < 4.78 is 50.9. The highest BCUT2D eigenvalue weighted by molar-refractivity contribution is 7.99. The summed E-state index contributed by atoms with van der Waals surface area (Å²) in [5.41, 5.74) is 0.320. The van der Waals surface area contributed by atoms with Crippen LogP contribution in [0.25, 0.3) is 0 Å². The third-order valence-corrected chi connectivity index (χ3v) is 4.54. The number of carbonyl (C=O) groups is 1. The van der Waals surface area contributed by atoms with E-state index in [0.29, 0.717) is 23.7 Å². The number of hydrogen-bond donors (Lipinski definition) is 0. The van der Waals surface area contributed by atoms with Gasteiger partial charge in [0.1, 0.15) is 5.82 Å². The van der Waals surface area contributed by atoms with Crippen LogP contribution in [0.3, 0.4) is 0 Å². The van der Waals surface area contributed by atoms with E-state index in [0.717, 1.165) is 11.0 Å². The molecule has 1 aliphatic heterocycles. The van der Waals surface area contributed by atoms with Crippen molar-refractivity contribution in [3.05, 3.63) is 23.5 Å². The molecule has 1 heterocycles. The van der Waals surface area contributed by atoms with Gasteiger partial charge in [0, 0.05) is 17.7 Å². The van der Waals surface area contributed by atoms with E-state index in [1.54, 1.807) is 0 Å². The predicted molar refractivity (Wildman–Crippen MR) is 77.2 cm³/mol. The standard InChI is InChI=1S/C13H11F4NOS2/c1-7-4-8(14)9(18-11(19)2-3-12(18)20)5-10(7)21-6-13(15,16)17/h4-5H,2-3,6H2,1H3. The number of hydrogen-bond acceptors (Lipinski definition) is 3. The van der Waals surface area contributed by atoms with E-state index in [1.807, 2.05) is 0 Å². The molecule has 0 bridgehead atoms. The van der Waals surface area contributed by atoms with Gasteiger partial charge in [0.2, 0.25) is 5.91 Å². The molecular weight excluding hydrogens is 326 g/mol. The van der Waals surface area contributed by atoms with Crippen molar-refractivity contribution in [2.75, 3.05) is 10.7 Å². The zero-order chi connectivity index (χ0) is 15.8. The minimum absolute atomic E-state index is 0.0715. The molecule has 1 aromatic rings. The molecule has 0 aliphatic carbocycles. The smallest absolute Gasteiger partial charge is 0.274 e. The summed E-state index contributed by atoms with van der Waals surface area (Å²) >= 11 is 5.58. The minimum atomic E-state index is -4.32. The number of nitrogens with zero attached hydrogens (tertiary/aromatic N) is 1. The maximum atomic E-state index is 14.0. The molecule has 1 aliphatic rings. The predicted octanol–water partition coefficient (Wildman–Crippen LogP) is 4.24. The van der Waals surface area contributed by atoms with Gasteiger partial charge >= 0.3 is 6.18 Å². The van der Waals surface area contributed by atoms with Crippen molar-refractivity contribution in [1.29, 1.82) is 0 Å². The Kier molecular flexibility index (Phi) is 4.57. The van der Waals surface area contributed by atoms with Gasteiger partial charge in [0.15, 0.2) is 0 Å². The summed E-state index contributed by atoms with van der Waals surface area (Å²) in [6, 6.07) is 2.39. The fourth-order valence-corrected chi connectivity index (χ4v) is 3.08. The second-order valence-electron chi connectivity index (χ2n) is 4.60. The van der Waals surface area contributed by atoms with Crippen molar-refractivity contribution < 1.29 is 22.4 Å². The number of carbonyl (C=O) groups excluding carboxylic acids is 1. The Balaban J connectivity index is 2.34. The van der Waals surface area contributed by atoms with Gasteiger partial charge in [-0.2, -0.15) is 13.2 Å². The molecule has 114 valence electrons. The molecule has 8 heteroatoms. The lowest BCUT2D eigenvalue weighted by Gasteiger charge is -2.19. The maximum Gasteiger partial charge on any atom is 0.398 e. The average Bonchev–Trinajstić information content (AvgIpc) is 2.68. The molecule has 2 nitrogen and oxygen atoms in total. The van der Waals surface area contributed by atoms with Gasteiger partial charge in [0.25, 0.3) is 0 Å². The Morgan fingerprint density at radius 1 is 1.33 bits per heavy atom. The van der Waals surface area contributed by atoms with Crippen LogP contribution in [0.5, 0.6) is 0 Å². The quantitative estimate of drug-likeness (QED) is 0.467. The SMILES string of the molecule is Cc1cc(F)c(N2C(=O)CCC2=S)cc1SCC(F)(F)F. The van der Waals surface area contributed by atoms with Gasteiger partial charge in [-0.25, -0.2) is 4.39 Å². The Morgan fingerprint density at radius 3 is 2.52 bits per heavy atom. The molecule has 1 fully saturated rings. The first kappa shape index (κ1) is 16.2. The molecule has 0 aromatic heterocycles. The first-order chi connectivity index (χ1) is 9.69. The van der Waals surface area contributed by atoms with Crippen LogP contribution in [0.4, 0.5) is 23.2 Å². The topological polar surface area (TPSA) is 20.3 Å². The first-order valence-corrected chi connectivity index (χ1v) is 7.44. The van der Waals surface area contributed by atoms with Gasteiger partial charge in [-0.1, -0.05) is 12.2 Å². The number of benzene rings is 1. The van der Waals surface area contributed by atoms with Crippen LogP contribution < -0.4 is 4.90 Å². The molecular formula is C13H11F4NOS2. The Morgan fingerprint density at radius 2 is 2.00 bits per heavy atom. The van der Waals surface area contributed by atoms with E-state index in [-0.39, 0.29) is 27.9 Å². The molecule has 1 aromatic carbocycles. The van der Waals surface area contributed by atoms with Crippen LogP contribution in [0, 0.1) is 12.7 Å². The molecule has 1 amide bonds. The zero-order valence-corrected chi connectivity index (χ0v) is 12.6. The summed E-state index contributed by atoms with van der Waals surface area (Å²) in [7, 11) is 0. The normalized spacial score (nSPS) is 16.0. The fraction of sp³-hybridized carbons (Fsp3) is 0.385. The zero-order valence-electron chi connectivity index (χ0n) is 11.0. The monoisotopic (exact) mass is 337 g/mol. The van der Waals surface area contributed by atoms with Crippen molar-refractivity contribution >= 4 is 40.6 Å². The molecule has 0 saturated carbocycles. The first-order valence-electron chi connectivity index (χ1n) is 6.04. The number of halogens is 4. The lowest BCUT2D eigenvalue weighted by molar-refractivity contribution is -0.116. The van der Waals surface area contributed by atoms with E-state index < -0.39 is 17.7 Å². The van der Waals surface area contributed by atoms with E-state index in [2.05, 4.69) is 0 Å². The molecule has 0 atom stereocenters. The second-order valence-corrected chi connectivity index (χ2v) is 6.08. The van der Waals surface area contributed by atoms with E-state index in [1.165, 1.54) is 13.0 Å². The van der Waals surface area contributed by atoms with E-state index in [9.17, 15) is 22.4 Å². The molecule has 21 heavy (non-hydrogen) atoms. The summed E-state index contributed by atoms with van der Waals surface area (Å²) in [6.45, 7) is 1.52. The number of rotatable bonds is 3. The largest absolute Gasteiger partial charge is 0.398 e. The van der Waals surface area contributed by atoms with Crippen molar-refractivity contribution in [1.82, 2.24) is 0 Å². The summed E-state index contributed by atoms with van der Waals surface area (Å²) in [6.07, 6.45) is -3.77. The van der Waals surface area contributed by atoms with Crippen LogP contribution in [0.15, 0.2) is 17.0 Å². The Bertz CT molecular complexity index is 585. The molecule has 0 N–H and O–H groups in total. The van der Waals surface area contributed by atoms with Gasteiger partial charge in [0.05, 0.1) is 16.4 Å². The highest BCUT2D eigenvalue weighted by atomic mass is 32.2. The van der Waals surface area contributed by atoms with Crippen LogP contribution >= 0.6 is 24.0 Å². The van der Waals surface area contributed by atoms with E-state index in [4.69, 9.17) is 12.2 Å². The Hall–Kier alpha value is -1.15. The van der Waals surface area contributed by atoms with Crippen molar-refractivity contribution in [3.63, 3.8) is 0 Å². The molecule has 0 unspecified atom stereocenters. The van der Waals surface area contributed by atoms with Crippen LogP contribution in [0.2, 0.25) is 0 Å². The van der Waals surface area contributed by atoms with Crippen molar-refractivity contribution in [3.8, 4) is 0 Å². The van der Waals surface area contributed by atoms with Gasteiger partial charge in [-0.3, -0.25) is 9.69 Å². The molecule has 2 rings (SSSR count). The number of thiocarbonyl (C=S) groups is 1. The second kappa shape index (κ2) is 5.92. The third kappa shape index (κ3) is 3.74. The Labute approximate surface area is 128 Å². The lowest BCUT2D eigenvalue weighted by Crippen LogP contribution is -2.28. The number of thioether (sulfide) groups is 1. The summed E-state index contributed by atoms with van der Waals surface area (Å²) in [5.74, 6) is -2.08. The van der Waals surface area contributed by atoms with Crippen LogP contribution in [-0.2, 0) is 4.79 Å². The van der Waals surface area contributed by atoms with Gasteiger partial charge in [-0.05, 0) is 24.6 Å². The summed E-state index contributed by atoms with van der Waals surface area (Å²) in [4.78, 5) is 13.4. The molecule has 0 spiro atoms. The number of amides is 1. The van der Waals surface area contributed by atoms with Gasteiger partial charge < -0.3 is 0 Å². The third-order valence-electron chi connectivity index (χ3n) is 2.93. The fourth-order valence-electron chi connectivity index (χ4n) is 1.97. The average molecular weight is 337 g/mol. The summed E-state index contributed by atoms with van der Waals surface area (Å²) in [5, 5.41) is 0. The van der Waals surface area contributed by atoms with Crippen LogP contribution in [0.1, 0.15) is 18.4 Å². The van der Waals surface area contributed by atoms with E-state index >= 15 is 0 Å². The highest BCUT2D eigenvalue weighted by Gasteiger charge is 2.31. The number of anilines is 1. The molecule has 1 saturated heterocycles. The number of alkyl halides is 3. The number of aryl methyl sites for hydroxylation is 1. The van der Waals surface area contributed by atoms with Crippen LogP contribution in [-0.4, -0.2) is 22.8 Å². The highest BCUT2D eigenvalue weighted by Crippen LogP contribution is 2.35.